The Morgan fingerprint density at radius 1 is 0.848 bits per heavy atom. The maximum absolute atomic E-state index is 12.7. The van der Waals surface area contributed by atoms with Crippen LogP contribution in [0.4, 0.5) is 0 Å². The first kappa shape index (κ1) is 21.3. The van der Waals surface area contributed by atoms with Crippen molar-refractivity contribution in [2.75, 3.05) is 0 Å². The minimum atomic E-state index is -1.08. The molecular weight excluding hydrogens is 432 g/mol. The zero-order valence-electron chi connectivity index (χ0n) is 16.7. The summed E-state index contributed by atoms with van der Waals surface area (Å²) in [5, 5.41) is 49.7. The van der Waals surface area contributed by atoms with Crippen LogP contribution in [-0.4, -0.2) is 31.5 Å². The van der Waals surface area contributed by atoms with E-state index >= 15 is 0 Å². The third-order valence-corrected chi connectivity index (χ3v) is 4.72. The fourth-order valence-electron chi connectivity index (χ4n) is 3.12. The van der Waals surface area contributed by atoms with Gasteiger partial charge in [-0.05, 0) is 29.8 Å². The lowest BCUT2D eigenvalue weighted by Crippen LogP contribution is -2.07. The van der Waals surface area contributed by atoms with Crippen molar-refractivity contribution in [1.82, 2.24) is 0 Å². The van der Waals surface area contributed by atoms with E-state index in [2.05, 4.69) is 0 Å². The van der Waals surface area contributed by atoms with Gasteiger partial charge < -0.3 is 34.7 Å². The number of ether oxygens (including phenoxy) is 1. The molecule has 5 N–H and O–H groups in total. The molecule has 0 saturated heterocycles. The maximum Gasteiger partial charge on any atom is 0.336 e. The van der Waals surface area contributed by atoms with Gasteiger partial charge in [-0.1, -0.05) is 30.3 Å². The molecular formula is C24H16O9. The van der Waals surface area contributed by atoms with Gasteiger partial charge in [-0.15, -0.1) is 0 Å². The van der Waals surface area contributed by atoms with Crippen molar-refractivity contribution in [2.45, 2.75) is 0 Å². The molecule has 1 heterocycles. The Bertz CT molecular complexity index is 1470. The largest absolute Gasteiger partial charge is 0.504 e. The average molecular weight is 448 g/mol. The van der Waals surface area contributed by atoms with Crippen molar-refractivity contribution in [3.8, 4) is 45.8 Å². The number of hydrogen-bond acceptors (Lipinski definition) is 9. The van der Waals surface area contributed by atoms with Gasteiger partial charge in [0.25, 0.3) is 0 Å². The monoisotopic (exact) mass is 448 g/mol. The van der Waals surface area contributed by atoms with E-state index in [4.69, 9.17) is 9.15 Å². The number of carbonyl (C=O) groups is 1. The average Bonchev–Trinajstić information content (AvgIpc) is 2.80. The summed E-state index contributed by atoms with van der Waals surface area (Å²) in [6, 6.07) is 13.2. The van der Waals surface area contributed by atoms with Gasteiger partial charge in [0.05, 0.1) is 0 Å². The normalized spacial score (nSPS) is 11.2. The van der Waals surface area contributed by atoms with Crippen molar-refractivity contribution in [3.63, 3.8) is 0 Å². The van der Waals surface area contributed by atoms with Crippen LogP contribution in [0.2, 0.25) is 0 Å². The zero-order chi connectivity index (χ0) is 23.7. The van der Waals surface area contributed by atoms with Gasteiger partial charge in [-0.3, -0.25) is 4.79 Å². The fraction of sp³-hybridized carbons (Fsp3) is 0. The Labute approximate surface area is 185 Å². The summed E-state index contributed by atoms with van der Waals surface area (Å²) in [5.41, 5.74) is -0.648. The van der Waals surface area contributed by atoms with Crippen molar-refractivity contribution in [3.05, 3.63) is 76.5 Å². The Kier molecular flexibility index (Phi) is 5.37. The van der Waals surface area contributed by atoms with E-state index in [0.29, 0.717) is 5.56 Å². The molecule has 0 aliphatic carbocycles. The lowest BCUT2D eigenvalue weighted by Gasteiger charge is -2.11. The molecule has 4 aromatic rings. The van der Waals surface area contributed by atoms with Crippen molar-refractivity contribution in [1.29, 1.82) is 0 Å². The highest BCUT2D eigenvalue weighted by atomic mass is 16.5. The molecule has 0 bridgehead atoms. The van der Waals surface area contributed by atoms with E-state index in [-0.39, 0.29) is 16.9 Å². The molecule has 9 nitrogen and oxygen atoms in total. The van der Waals surface area contributed by atoms with Gasteiger partial charge in [0.2, 0.25) is 16.9 Å². The van der Waals surface area contributed by atoms with Crippen LogP contribution in [0, 0.1) is 0 Å². The predicted molar refractivity (Wildman–Crippen MR) is 117 cm³/mol. The highest BCUT2D eigenvalue weighted by molar-refractivity contribution is 5.94. The van der Waals surface area contributed by atoms with E-state index in [1.54, 1.807) is 30.3 Å². The number of aromatic hydroxyl groups is 5. The molecule has 3 aromatic carbocycles. The predicted octanol–water partition coefficient (Wildman–Crippen LogP) is 3.61. The van der Waals surface area contributed by atoms with Crippen molar-refractivity contribution < 1.29 is 39.5 Å². The highest BCUT2D eigenvalue weighted by Crippen LogP contribution is 2.44. The van der Waals surface area contributed by atoms with Crippen LogP contribution in [0.3, 0.4) is 0 Å². The molecule has 9 heteroatoms. The first-order valence-corrected chi connectivity index (χ1v) is 9.48. The molecule has 0 aliphatic rings. The standard InChI is InChI=1S/C24H16O9/c25-14-8-7-13(10-15(14)26)23-22(31)20(29)19-17(32-23)11-16(27)24(21(19)30)33-18(28)9-6-12-4-2-1-3-5-12/h1-11,25-27,30-31H/b9-6+. The van der Waals surface area contributed by atoms with Gasteiger partial charge in [0.1, 0.15) is 11.0 Å². The first-order chi connectivity index (χ1) is 15.8. The van der Waals surface area contributed by atoms with Gasteiger partial charge >= 0.3 is 5.97 Å². The quantitative estimate of drug-likeness (QED) is 0.136. The van der Waals surface area contributed by atoms with Crippen LogP contribution in [0.15, 0.2) is 69.9 Å². The third kappa shape index (κ3) is 4.02. The number of hydrogen-bond donors (Lipinski definition) is 5. The van der Waals surface area contributed by atoms with E-state index < -0.39 is 51.3 Å². The second kappa shape index (κ2) is 8.31. The third-order valence-electron chi connectivity index (χ3n) is 4.72. The van der Waals surface area contributed by atoms with Crippen LogP contribution >= 0.6 is 0 Å². The summed E-state index contributed by atoms with van der Waals surface area (Å²) >= 11 is 0. The van der Waals surface area contributed by atoms with E-state index in [1.807, 2.05) is 0 Å². The van der Waals surface area contributed by atoms with E-state index in [1.165, 1.54) is 12.1 Å². The molecule has 33 heavy (non-hydrogen) atoms. The highest BCUT2D eigenvalue weighted by Gasteiger charge is 2.24. The molecule has 0 unspecified atom stereocenters. The number of rotatable bonds is 4. The minimum absolute atomic E-state index is 0.0438. The van der Waals surface area contributed by atoms with Crippen LogP contribution in [0.1, 0.15) is 5.56 Å². The number of phenols is 4. The van der Waals surface area contributed by atoms with Crippen LogP contribution in [0.25, 0.3) is 28.4 Å². The van der Waals surface area contributed by atoms with E-state index in [9.17, 15) is 35.1 Å². The first-order valence-electron chi connectivity index (χ1n) is 9.48. The summed E-state index contributed by atoms with van der Waals surface area (Å²) in [6.45, 7) is 0. The zero-order valence-corrected chi connectivity index (χ0v) is 16.7. The van der Waals surface area contributed by atoms with Crippen molar-refractivity contribution >= 4 is 23.0 Å². The van der Waals surface area contributed by atoms with Gasteiger partial charge in [0, 0.05) is 17.7 Å². The second-order valence-electron chi connectivity index (χ2n) is 6.92. The van der Waals surface area contributed by atoms with Crippen molar-refractivity contribution in [2.24, 2.45) is 0 Å². The molecule has 4 rings (SSSR count). The van der Waals surface area contributed by atoms with Crippen LogP contribution in [-0.2, 0) is 4.79 Å². The molecule has 166 valence electrons. The van der Waals surface area contributed by atoms with Gasteiger partial charge in [0.15, 0.2) is 28.8 Å². The smallest absolute Gasteiger partial charge is 0.336 e. The van der Waals surface area contributed by atoms with E-state index in [0.717, 1.165) is 24.3 Å². The summed E-state index contributed by atoms with van der Waals surface area (Å²) in [7, 11) is 0. The Morgan fingerprint density at radius 3 is 2.27 bits per heavy atom. The lowest BCUT2D eigenvalue weighted by molar-refractivity contribution is -0.129. The van der Waals surface area contributed by atoms with Crippen LogP contribution in [0.5, 0.6) is 34.5 Å². The Morgan fingerprint density at radius 2 is 1.58 bits per heavy atom. The molecule has 0 saturated carbocycles. The maximum atomic E-state index is 12.7. The van der Waals surface area contributed by atoms with Gasteiger partial charge in [-0.2, -0.15) is 0 Å². The Balaban J connectivity index is 1.76. The summed E-state index contributed by atoms with van der Waals surface area (Å²) in [4.78, 5) is 24.9. The second-order valence-corrected chi connectivity index (χ2v) is 6.92. The molecule has 0 spiro atoms. The van der Waals surface area contributed by atoms with Gasteiger partial charge in [-0.25, -0.2) is 4.79 Å². The fourth-order valence-corrected chi connectivity index (χ4v) is 3.12. The topological polar surface area (TPSA) is 158 Å². The molecule has 0 aliphatic heterocycles. The number of esters is 1. The number of fused-ring (bicyclic) bond motifs is 1. The minimum Gasteiger partial charge on any atom is -0.504 e. The number of phenolic OH excluding ortho intramolecular Hbond substituents is 4. The Hall–Kier alpha value is -4.92. The lowest BCUT2D eigenvalue weighted by atomic mass is 10.1. The molecule has 0 radical (unpaired) electrons. The van der Waals surface area contributed by atoms with Crippen LogP contribution < -0.4 is 10.2 Å². The molecule has 0 amide bonds. The molecule has 0 atom stereocenters. The summed E-state index contributed by atoms with van der Waals surface area (Å²) < 4.78 is 10.5. The molecule has 1 aromatic heterocycles. The molecule has 0 fully saturated rings. The SMILES string of the molecule is O=C(/C=C/c1ccccc1)Oc1c(O)cc2oc(-c3ccc(O)c(O)c3)c(O)c(=O)c2c1O. The summed E-state index contributed by atoms with van der Waals surface area (Å²) in [6.07, 6.45) is 2.52. The number of benzene rings is 3. The number of carbonyl (C=O) groups excluding carboxylic acids is 1. The summed E-state index contributed by atoms with van der Waals surface area (Å²) in [5.74, 6) is -5.46.